The van der Waals surface area contributed by atoms with Crippen molar-refractivity contribution < 1.29 is 45.3 Å². The van der Waals surface area contributed by atoms with Crippen LogP contribution >= 0.6 is 0 Å². The summed E-state index contributed by atoms with van der Waals surface area (Å²) in [5.41, 5.74) is 0. The van der Waals surface area contributed by atoms with Crippen LogP contribution in [0.3, 0.4) is 0 Å². The van der Waals surface area contributed by atoms with Crippen LogP contribution in [-0.4, -0.2) is 32.0 Å². The largest absolute Gasteiger partial charge is 0.497 e. The predicted octanol–water partition coefficient (Wildman–Crippen LogP) is 5.85. The molecule has 3 rings (SSSR count). The van der Waals surface area contributed by atoms with Gasteiger partial charge in [0, 0.05) is 12.2 Å². The molecular weight excluding hydrogens is 430 g/mol. The van der Waals surface area contributed by atoms with E-state index < -0.39 is 41.4 Å². The average molecular weight is 446 g/mol. The highest BCUT2D eigenvalue weighted by Gasteiger charge is 2.61. The number of benzene rings is 2. The highest BCUT2D eigenvalue weighted by atomic mass is 19.3. The van der Waals surface area contributed by atoms with E-state index in [0.29, 0.717) is 11.5 Å². The third kappa shape index (κ3) is 4.57. The molecule has 10 heteroatoms. The Hall–Kier alpha value is -3.30. The van der Waals surface area contributed by atoms with Crippen molar-refractivity contribution in [3.05, 3.63) is 72.2 Å². The van der Waals surface area contributed by atoms with Gasteiger partial charge in [-0.25, -0.2) is 0 Å². The lowest BCUT2D eigenvalue weighted by atomic mass is 10.1. The van der Waals surface area contributed by atoms with Crippen molar-refractivity contribution in [2.45, 2.75) is 17.8 Å². The van der Waals surface area contributed by atoms with E-state index in [4.69, 9.17) is 18.9 Å². The van der Waals surface area contributed by atoms with E-state index in [1.54, 1.807) is 0 Å². The summed E-state index contributed by atoms with van der Waals surface area (Å²) in [6.07, 6.45) is -1.20. The van der Waals surface area contributed by atoms with Gasteiger partial charge in [0.2, 0.25) is 0 Å². The van der Waals surface area contributed by atoms with Gasteiger partial charge in [-0.3, -0.25) is 0 Å². The van der Waals surface area contributed by atoms with Crippen LogP contribution in [0, 0.1) is 0 Å². The van der Waals surface area contributed by atoms with E-state index in [-0.39, 0.29) is 11.5 Å². The molecule has 0 unspecified atom stereocenters. The standard InChI is InChI=1S/C21H16F6O4/c1-28-13-3-7-15(8-4-13)30-17-11-19(22,23)20(24,25)12-18(21(17,26)27)31-16-9-5-14(29-2)6-10-16/h3-12H,1-2H3. The van der Waals surface area contributed by atoms with Crippen molar-refractivity contribution in [2.75, 3.05) is 14.2 Å². The number of hydrogen-bond donors (Lipinski definition) is 0. The topological polar surface area (TPSA) is 36.9 Å². The second kappa shape index (κ2) is 8.09. The van der Waals surface area contributed by atoms with Gasteiger partial charge in [-0.05, 0) is 48.5 Å². The zero-order chi connectivity index (χ0) is 22.9. The van der Waals surface area contributed by atoms with Crippen LogP contribution in [0.1, 0.15) is 0 Å². The van der Waals surface area contributed by atoms with Gasteiger partial charge in [-0.2, -0.15) is 26.3 Å². The number of ether oxygens (including phenoxy) is 4. The maximum absolute atomic E-state index is 15.0. The first kappa shape index (κ1) is 22.4. The molecule has 0 radical (unpaired) electrons. The van der Waals surface area contributed by atoms with Gasteiger partial charge >= 0.3 is 17.8 Å². The number of allylic oxidation sites excluding steroid dienone is 2. The molecule has 0 aliphatic heterocycles. The minimum Gasteiger partial charge on any atom is -0.497 e. The van der Waals surface area contributed by atoms with Crippen molar-refractivity contribution in [2.24, 2.45) is 0 Å². The number of methoxy groups -OCH3 is 2. The molecule has 0 fully saturated rings. The second-order valence-electron chi connectivity index (χ2n) is 6.39. The van der Waals surface area contributed by atoms with Crippen molar-refractivity contribution in [1.29, 1.82) is 0 Å². The van der Waals surface area contributed by atoms with Crippen molar-refractivity contribution in [3.8, 4) is 23.0 Å². The van der Waals surface area contributed by atoms with E-state index in [9.17, 15) is 17.6 Å². The van der Waals surface area contributed by atoms with Gasteiger partial charge in [-0.1, -0.05) is 0 Å². The zero-order valence-corrected chi connectivity index (χ0v) is 16.2. The van der Waals surface area contributed by atoms with Crippen LogP contribution in [0.2, 0.25) is 0 Å². The molecule has 0 spiro atoms. The van der Waals surface area contributed by atoms with E-state index >= 15 is 8.78 Å². The Bertz CT molecular complexity index is 902. The Morgan fingerprint density at radius 3 is 1.10 bits per heavy atom. The lowest BCUT2D eigenvalue weighted by molar-refractivity contribution is -0.147. The quantitative estimate of drug-likeness (QED) is 0.522. The predicted molar refractivity (Wildman–Crippen MR) is 98.3 cm³/mol. The Labute approximate surface area is 173 Å². The van der Waals surface area contributed by atoms with Crippen LogP contribution in [0.15, 0.2) is 72.2 Å². The molecule has 0 saturated carbocycles. The van der Waals surface area contributed by atoms with Crippen LogP contribution in [-0.2, 0) is 0 Å². The summed E-state index contributed by atoms with van der Waals surface area (Å²) in [4.78, 5) is 0. The fraction of sp³-hybridized carbons (Fsp3) is 0.238. The Morgan fingerprint density at radius 2 is 0.806 bits per heavy atom. The van der Waals surface area contributed by atoms with Gasteiger partial charge in [0.05, 0.1) is 14.2 Å². The molecule has 0 aromatic heterocycles. The molecule has 4 nitrogen and oxygen atoms in total. The summed E-state index contributed by atoms with van der Waals surface area (Å²) in [6.45, 7) is 0. The van der Waals surface area contributed by atoms with E-state index in [1.165, 1.54) is 38.5 Å². The maximum Gasteiger partial charge on any atom is 0.361 e. The molecule has 0 saturated heterocycles. The Morgan fingerprint density at radius 1 is 0.516 bits per heavy atom. The first-order valence-electron chi connectivity index (χ1n) is 8.72. The first-order chi connectivity index (χ1) is 14.5. The summed E-state index contributed by atoms with van der Waals surface area (Å²) in [5, 5.41) is 0. The maximum atomic E-state index is 15.0. The molecule has 2 aromatic carbocycles. The van der Waals surface area contributed by atoms with E-state index in [1.807, 2.05) is 0 Å². The number of alkyl halides is 6. The van der Waals surface area contributed by atoms with Gasteiger partial charge in [0.15, 0.2) is 11.5 Å². The monoisotopic (exact) mass is 446 g/mol. The average Bonchev–Trinajstić information content (AvgIpc) is 2.77. The molecule has 1 aliphatic carbocycles. The van der Waals surface area contributed by atoms with Crippen LogP contribution < -0.4 is 18.9 Å². The highest BCUT2D eigenvalue weighted by molar-refractivity contribution is 5.39. The Balaban J connectivity index is 2.01. The fourth-order valence-electron chi connectivity index (χ4n) is 2.55. The number of halogens is 6. The fourth-order valence-corrected chi connectivity index (χ4v) is 2.55. The molecule has 1 aliphatic rings. The van der Waals surface area contributed by atoms with E-state index in [0.717, 1.165) is 24.3 Å². The van der Waals surface area contributed by atoms with Crippen molar-refractivity contribution in [1.82, 2.24) is 0 Å². The second-order valence-corrected chi connectivity index (χ2v) is 6.39. The summed E-state index contributed by atoms with van der Waals surface area (Å²) in [5.74, 6) is -17.7. The zero-order valence-electron chi connectivity index (χ0n) is 16.2. The number of rotatable bonds is 6. The van der Waals surface area contributed by atoms with Gasteiger partial charge in [0.25, 0.3) is 0 Å². The Kier molecular flexibility index (Phi) is 5.84. The third-order valence-electron chi connectivity index (χ3n) is 4.26. The third-order valence-corrected chi connectivity index (χ3v) is 4.26. The van der Waals surface area contributed by atoms with Gasteiger partial charge < -0.3 is 18.9 Å². The minimum absolute atomic E-state index is 0.295. The van der Waals surface area contributed by atoms with Crippen molar-refractivity contribution >= 4 is 0 Å². The normalized spacial score (nSPS) is 18.8. The molecule has 31 heavy (non-hydrogen) atoms. The minimum atomic E-state index is -4.97. The summed E-state index contributed by atoms with van der Waals surface area (Å²) < 4.78 is 106. The molecular formula is C21H16F6O4. The van der Waals surface area contributed by atoms with Gasteiger partial charge in [0.1, 0.15) is 23.0 Å². The summed E-state index contributed by atoms with van der Waals surface area (Å²) >= 11 is 0. The van der Waals surface area contributed by atoms with Crippen LogP contribution in [0.5, 0.6) is 23.0 Å². The molecule has 0 atom stereocenters. The summed E-state index contributed by atoms with van der Waals surface area (Å²) in [7, 11) is 2.71. The molecule has 0 bridgehead atoms. The van der Waals surface area contributed by atoms with Crippen LogP contribution in [0.4, 0.5) is 26.3 Å². The molecule has 0 amide bonds. The van der Waals surface area contributed by atoms with E-state index in [2.05, 4.69) is 0 Å². The SMILES string of the molecule is COc1ccc(OC2=CC(F)(F)C(F)(F)C=C(Oc3ccc(OC)cc3)C2(F)F)cc1. The first-order valence-corrected chi connectivity index (χ1v) is 8.72. The lowest BCUT2D eigenvalue weighted by Crippen LogP contribution is -2.37. The molecule has 166 valence electrons. The summed E-state index contributed by atoms with van der Waals surface area (Å²) in [6, 6.07) is 9.92. The lowest BCUT2D eigenvalue weighted by Gasteiger charge is -2.22. The molecule has 2 aromatic rings. The van der Waals surface area contributed by atoms with Gasteiger partial charge in [-0.15, -0.1) is 0 Å². The van der Waals surface area contributed by atoms with Crippen LogP contribution in [0.25, 0.3) is 0 Å². The number of hydrogen-bond acceptors (Lipinski definition) is 4. The molecule has 0 N–H and O–H groups in total. The molecule has 0 heterocycles. The highest BCUT2D eigenvalue weighted by Crippen LogP contribution is 2.47. The smallest absolute Gasteiger partial charge is 0.361 e. The van der Waals surface area contributed by atoms with Crippen molar-refractivity contribution in [3.63, 3.8) is 0 Å².